The number of nitrogens with one attached hydrogen (secondary N) is 1. The highest BCUT2D eigenvalue weighted by Crippen LogP contribution is 2.36. The van der Waals surface area contributed by atoms with Crippen LogP contribution >= 0.6 is 0 Å². The molecule has 2 fully saturated rings. The van der Waals surface area contributed by atoms with Gasteiger partial charge in [-0.2, -0.15) is 0 Å². The molecule has 1 saturated heterocycles. The summed E-state index contributed by atoms with van der Waals surface area (Å²) in [6.07, 6.45) is 1.66. The van der Waals surface area contributed by atoms with Gasteiger partial charge < -0.3 is 15.2 Å². The summed E-state index contributed by atoms with van der Waals surface area (Å²) < 4.78 is 5.27. The average molecular weight is 213 g/mol. The van der Waals surface area contributed by atoms with Crippen LogP contribution in [0.5, 0.6) is 0 Å². The van der Waals surface area contributed by atoms with Crippen molar-refractivity contribution in [3.63, 3.8) is 0 Å². The van der Waals surface area contributed by atoms with Crippen LogP contribution in [0, 0.1) is 5.92 Å². The SMILES string of the molecule is CC1OCCC1C(=O)NC1(C(=O)O)CC1. The molecule has 2 aliphatic rings. The summed E-state index contributed by atoms with van der Waals surface area (Å²) in [5, 5.41) is 11.5. The zero-order valence-electron chi connectivity index (χ0n) is 8.66. The van der Waals surface area contributed by atoms with Crippen LogP contribution in [-0.4, -0.2) is 35.2 Å². The van der Waals surface area contributed by atoms with E-state index in [4.69, 9.17) is 9.84 Å². The van der Waals surface area contributed by atoms with Crippen LogP contribution in [0.25, 0.3) is 0 Å². The standard InChI is InChI=1S/C10H15NO4/c1-6-7(2-5-15-6)8(12)11-10(3-4-10)9(13)14/h6-7H,2-5H2,1H3,(H,11,12)(H,13,14). The van der Waals surface area contributed by atoms with E-state index in [0.717, 1.165) is 0 Å². The number of ether oxygens (including phenoxy) is 1. The van der Waals surface area contributed by atoms with Crippen LogP contribution in [-0.2, 0) is 14.3 Å². The van der Waals surface area contributed by atoms with Crippen LogP contribution in [0.15, 0.2) is 0 Å². The van der Waals surface area contributed by atoms with E-state index in [1.165, 1.54) is 0 Å². The maximum absolute atomic E-state index is 11.8. The minimum atomic E-state index is -0.973. The van der Waals surface area contributed by atoms with Gasteiger partial charge in [-0.05, 0) is 26.2 Å². The Morgan fingerprint density at radius 1 is 1.47 bits per heavy atom. The molecule has 0 aromatic rings. The highest BCUT2D eigenvalue weighted by atomic mass is 16.5. The highest BCUT2D eigenvalue weighted by molar-refractivity contribution is 5.90. The minimum absolute atomic E-state index is 0.102. The number of carbonyl (C=O) groups excluding carboxylic acids is 1. The van der Waals surface area contributed by atoms with E-state index < -0.39 is 11.5 Å². The van der Waals surface area contributed by atoms with E-state index in [-0.39, 0.29) is 17.9 Å². The smallest absolute Gasteiger partial charge is 0.329 e. The zero-order valence-corrected chi connectivity index (χ0v) is 8.66. The summed E-state index contributed by atoms with van der Waals surface area (Å²) >= 11 is 0. The molecule has 0 bridgehead atoms. The third-order valence-electron chi connectivity index (χ3n) is 3.23. The topological polar surface area (TPSA) is 75.6 Å². The number of carboxylic acids is 1. The van der Waals surface area contributed by atoms with E-state index in [9.17, 15) is 9.59 Å². The molecule has 1 saturated carbocycles. The van der Waals surface area contributed by atoms with Gasteiger partial charge in [-0.15, -0.1) is 0 Å². The van der Waals surface area contributed by atoms with Crippen LogP contribution in [0.1, 0.15) is 26.2 Å². The van der Waals surface area contributed by atoms with E-state index >= 15 is 0 Å². The van der Waals surface area contributed by atoms with Crippen molar-refractivity contribution < 1.29 is 19.4 Å². The van der Waals surface area contributed by atoms with Gasteiger partial charge in [0.15, 0.2) is 0 Å². The molecule has 0 radical (unpaired) electrons. The molecule has 15 heavy (non-hydrogen) atoms. The Kier molecular flexibility index (Phi) is 2.42. The van der Waals surface area contributed by atoms with Gasteiger partial charge in [0.05, 0.1) is 12.0 Å². The van der Waals surface area contributed by atoms with Gasteiger partial charge in [0, 0.05) is 6.61 Å². The van der Waals surface area contributed by atoms with E-state index in [2.05, 4.69) is 5.32 Å². The second-order valence-electron chi connectivity index (χ2n) is 4.35. The number of aliphatic carboxylic acids is 1. The largest absolute Gasteiger partial charge is 0.480 e. The molecule has 2 atom stereocenters. The van der Waals surface area contributed by atoms with E-state index in [1.54, 1.807) is 0 Å². The number of carbonyl (C=O) groups is 2. The summed E-state index contributed by atoms with van der Waals surface area (Å²) in [5.74, 6) is -1.30. The summed E-state index contributed by atoms with van der Waals surface area (Å²) in [7, 11) is 0. The van der Waals surface area contributed by atoms with Gasteiger partial charge in [-0.3, -0.25) is 4.79 Å². The van der Waals surface area contributed by atoms with Crippen LogP contribution in [0.4, 0.5) is 0 Å². The summed E-state index contributed by atoms with van der Waals surface area (Å²) in [6, 6.07) is 0. The molecule has 1 amide bonds. The third-order valence-corrected chi connectivity index (χ3v) is 3.23. The lowest BCUT2D eigenvalue weighted by molar-refractivity contribution is -0.144. The molecule has 5 nitrogen and oxygen atoms in total. The lowest BCUT2D eigenvalue weighted by Gasteiger charge is -2.18. The fraction of sp³-hybridized carbons (Fsp3) is 0.800. The Bertz CT molecular complexity index is 298. The average Bonchev–Trinajstić information content (AvgIpc) is 2.82. The van der Waals surface area contributed by atoms with Gasteiger partial charge >= 0.3 is 5.97 Å². The van der Waals surface area contributed by atoms with Crippen molar-refractivity contribution in [1.29, 1.82) is 0 Å². The van der Waals surface area contributed by atoms with E-state index in [1.807, 2.05) is 6.92 Å². The summed E-state index contributed by atoms with van der Waals surface area (Å²) in [6.45, 7) is 2.43. The van der Waals surface area contributed by atoms with Crippen molar-refractivity contribution >= 4 is 11.9 Å². The Labute approximate surface area is 87.8 Å². The van der Waals surface area contributed by atoms with Crippen molar-refractivity contribution in [1.82, 2.24) is 5.32 Å². The van der Waals surface area contributed by atoms with Crippen LogP contribution in [0.2, 0.25) is 0 Å². The van der Waals surface area contributed by atoms with E-state index in [0.29, 0.717) is 25.9 Å². The number of rotatable bonds is 3. The third kappa shape index (κ3) is 1.84. The first-order chi connectivity index (χ1) is 7.05. The Morgan fingerprint density at radius 2 is 2.13 bits per heavy atom. The van der Waals surface area contributed by atoms with Gasteiger partial charge in [-0.1, -0.05) is 0 Å². The number of carboxylic acid groups (broad SMARTS) is 1. The minimum Gasteiger partial charge on any atom is -0.480 e. The summed E-state index contributed by atoms with van der Waals surface area (Å²) in [5.41, 5.74) is -0.973. The zero-order chi connectivity index (χ0) is 11.1. The highest BCUT2D eigenvalue weighted by Gasteiger charge is 2.52. The summed E-state index contributed by atoms with van der Waals surface area (Å²) in [4.78, 5) is 22.6. The molecule has 1 aliphatic heterocycles. The fourth-order valence-corrected chi connectivity index (χ4v) is 1.92. The molecule has 1 aliphatic carbocycles. The first-order valence-corrected chi connectivity index (χ1v) is 5.22. The second-order valence-corrected chi connectivity index (χ2v) is 4.35. The quantitative estimate of drug-likeness (QED) is 0.699. The number of hydrogen-bond donors (Lipinski definition) is 2. The molecule has 5 heteroatoms. The first-order valence-electron chi connectivity index (χ1n) is 5.22. The van der Waals surface area contributed by atoms with Crippen molar-refractivity contribution in [3.05, 3.63) is 0 Å². The molecule has 0 aromatic carbocycles. The fourth-order valence-electron chi connectivity index (χ4n) is 1.92. The van der Waals surface area contributed by atoms with Crippen molar-refractivity contribution in [2.24, 2.45) is 5.92 Å². The second kappa shape index (κ2) is 3.48. The molecule has 0 spiro atoms. The predicted molar refractivity (Wildman–Crippen MR) is 51.3 cm³/mol. The maximum atomic E-state index is 11.8. The molecule has 84 valence electrons. The Hall–Kier alpha value is -1.10. The molecule has 2 rings (SSSR count). The van der Waals surface area contributed by atoms with Crippen LogP contribution < -0.4 is 5.32 Å². The number of amides is 1. The predicted octanol–water partition coefficient (Wildman–Crippen LogP) is 0.145. The molecule has 2 unspecified atom stereocenters. The molecular weight excluding hydrogens is 198 g/mol. The molecule has 2 N–H and O–H groups in total. The van der Waals surface area contributed by atoms with Gasteiger partial charge in [0.25, 0.3) is 0 Å². The molecular formula is C10H15NO4. The van der Waals surface area contributed by atoms with Crippen LogP contribution in [0.3, 0.4) is 0 Å². The van der Waals surface area contributed by atoms with Gasteiger partial charge in [0.2, 0.25) is 5.91 Å². The van der Waals surface area contributed by atoms with Crippen molar-refractivity contribution in [2.45, 2.75) is 37.8 Å². The van der Waals surface area contributed by atoms with Gasteiger partial charge in [-0.25, -0.2) is 4.79 Å². The molecule has 1 heterocycles. The normalized spacial score (nSPS) is 32.3. The van der Waals surface area contributed by atoms with Crippen molar-refractivity contribution in [3.8, 4) is 0 Å². The van der Waals surface area contributed by atoms with Crippen molar-refractivity contribution in [2.75, 3.05) is 6.61 Å². The lowest BCUT2D eigenvalue weighted by atomic mass is 10.0. The van der Waals surface area contributed by atoms with Gasteiger partial charge in [0.1, 0.15) is 5.54 Å². The monoisotopic (exact) mass is 213 g/mol. The maximum Gasteiger partial charge on any atom is 0.329 e. The first kappa shape index (κ1) is 10.4. The Morgan fingerprint density at radius 3 is 2.53 bits per heavy atom. The number of hydrogen-bond acceptors (Lipinski definition) is 3. The lowest BCUT2D eigenvalue weighted by Crippen LogP contribution is -2.46. The molecule has 0 aromatic heterocycles. The Balaban J connectivity index is 1.95.